The molecule has 0 spiro atoms. The molecule has 0 atom stereocenters. The van der Waals surface area contributed by atoms with Gasteiger partial charge in [0.2, 0.25) is 0 Å². The lowest BCUT2D eigenvalue weighted by Gasteiger charge is -2.09. The van der Waals surface area contributed by atoms with Gasteiger partial charge in [-0.25, -0.2) is 4.98 Å². The maximum absolute atomic E-state index is 6.13. The highest BCUT2D eigenvalue weighted by Crippen LogP contribution is 2.27. The molecule has 0 saturated heterocycles. The molecule has 3 aromatic rings. The Morgan fingerprint density at radius 3 is 2.35 bits per heavy atom. The fraction of sp³-hybridized carbons (Fsp3) is 0.167. The fourth-order valence-corrected chi connectivity index (χ4v) is 2.39. The smallest absolute Gasteiger partial charge is 0.0730 e. The monoisotopic (exact) mass is 262 g/mol. The highest BCUT2D eigenvalue weighted by molar-refractivity contribution is 5.92. The van der Waals surface area contributed by atoms with Crippen LogP contribution >= 0.6 is 0 Å². The molecular weight excluding hydrogens is 244 g/mol. The number of anilines is 1. The molecule has 0 amide bonds. The summed E-state index contributed by atoms with van der Waals surface area (Å²) >= 11 is 0. The average Bonchev–Trinajstić information content (AvgIpc) is 2.47. The predicted octanol–water partition coefficient (Wildman–Crippen LogP) is 4.61. The van der Waals surface area contributed by atoms with E-state index in [0.717, 1.165) is 27.8 Å². The Balaban J connectivity index is 2.10. The maximum Gasteiger partial charge on any atom is 0.0730 e. The van der Waals surface area contributed by atoms with Gasteiger partial charge in [-0.1, -0.05) is 56.3 Å². The molecule has 2 N–H and O–H groups in total. The van der Waals surface area contributed by atoms with Crippen molar-refractivity contribution in [1.29, 1.82) is 0 Å². The van der Waals surface area contributed by atoms with Crippen LogP contribution in [0, 0.1) is 0 Å². The lowest BCUT2D eigenvalue weighted by molar-refractivity contribution is 0.867. The summed E-state index contributed by atoms with van der Waals surface area (Å²) in [6.07, 6.45) is 0. The summed E-state index contributed by atoms with van der Waals surface area (Å²) in [4.78, 5) is 4.70. The summed E-state index contributed by atoms with van der Waals surface area (Å²) in [5, 5.41) is 1.01. The number of hydrogen-bond donors (Lipinski definition) is 1. The van der Waals surface area contributed by atoms with E-state index in [9.17, 15) is 0 Å². The van der Waals surface area contributed by atoms with E-state index in [1.807, 2.05) is 30.3 Å². The molecule has 0 aliphatic heterocycles. The third-order valence-corrected chi connectivity index (χ3v) is 3.62. The van der Waals surface area contributed by atoms with Crippen LogP contribution in [0.15, 0.2) is 54.6 Å². The van der Waals surface area contributed by atoms with Crippen LogP contribution in [-0.2, 0) is 0 Å². The van der Waals surface area contributed by atoms with Gasteiger partial charge in [0.15, 0.2) is 0 Å². The molecule has 20 heavy (non-hydrogen) atoms. The number of rotatable bonds is 2. The molecule has 2 nitrogen and oxygen atoms in total. The number of hydrogen-bond acceptors (Lipinski definition) is 2. The fourth-order valence-electron chi connectivity index (χ4n) is 2.39. The van der Waals surface area contributed by atoms with Gasteiger partial charge in [0.1, 0.15) is 0 Å². The van der Waals surface area contributed by atoms with Crippen LogP contribution in [0.4, 0.5) is 5.69 Å². The number of nitrogens with two attached hydrogens (primary N) is 1. The first-order valence-corrected chi connectivity index (χ1v) is 6.91. The van der Waals surface area contributed by atoms with Crippen molar-refractivity contribution in [3.8, 4) is 11.3 Å². The molecule has 0 radical (unpaired) electrons. The Morgan fingerprint density at radius 1 is 0.950 bits per heavy atom. The second kappa shape index (κ2) is 4.97. The van der Waals surface area contributed by atoms with Gasteiger partial charge < -0.3 is 5.73 Å². The molecule has 0 fully saturated rings. The first-order valence-electron chi connectivity index (χ1n) is 6.91. The van der Waals surface area contributed by atoms with Crippen molar-refractivity contribution < 1.29 is 0 Å². The van der Waals surface area contributed by atoms with Crippen molar-refractivity contribution in [2.45, 2.75) is 19.8 Å². The highest BCUT2D eigenvalue weighted by Gasteiger charge is 2.06. The van der Waals surface area contributed by atoms with E-state index in [0.29, 0.717) is 5.92 Å². The molecule has 1 heterocycles. The number of fused-ring (bicyclic) bond motifs is 1. The summed E-state index contributed by atoms with van der Waals surface area (Å²) in [6, 6.07) is 18.5. The minimum Gasteiger partial charge on any atom is -0.398 e. The molecular formula is C18H18N2. The largest absolute Gasteiger partial charge is 0.398 e. The SMILES string of the molecule is CC(C)c1ccc(-c2cc(N)c3ccccc3n2)cc1. The molecule has 2 heteroatoms. The lowest BCUT2D eigenvalue weighted by atomic mass is 10.0. The van der Waals surface area contributed by atoms with Crippen LogP contribution in [0.1, 0.15) is 25.3 Å². The molecule has 3 rings (SSSR count). The maximum atomic E-state index is 6.13. The summed E-state index contributed by atoms with van der Waals surface area (Å²) < 4.78 is 0. The second-order valence-corrected chi connectivity index (χ2v) is 5.39. The van der Waals surface area contributed by atoms with E-state index in [-0.39, 0.29) is 0 Å². The van der Waals surface area contributed by atoms with Crippen LogP contribution in [0.5, 0.6) is 0 Å². The van der Waals surface area contributed by atoms with Crippen LogP contribution in [0.25, 0.3) is 22.2 Å². The first kappa shape index (κ1) is 12.7. The quantitative estimate of drug-likeness (QED) is 0.732. The highest BCUT2D eigenvalue weighted by atomic mass is 14.7. The van der Waals surface area contributed by atoms with E-state index >= 15 is 0 Å². The number of nitrogens with zero attached hydrogens (tertiary/aromatic N) is 1. The van der Waals surface area contributed by atoms with Gasteiger partial charge in [0.05, 0.1) is 11.2 Å². The average molecular weight is 262 g/mol. The van der Waals surface area contributed by atoms with Gasteiger partial charge in [0.25, 0.3) is 0 Å². The van der Waals surface area contributed by atoms with Crippen molar-refractivity contribution in [2.75, 3.05) is 5.73 Å². The van der Waals surface area contributed by atoms with Gasteiger partial charge >= 0.3 is 0 Å². The summed E-state index contributed by atoms with van der Waals surface area (Å²) in [6.45, 7) is 4.39. The molecule has 0 saturated carbocycles. The van der Waals surface area contributed by atoms with Gasteiger partial charge in [-0.15, -0.1) is 0 Å². The third kappa shape index (κ3) is 2.25. The Labute approximate surface area is 119 Å². The number of pyridine rings is 1. The zero-order chi connectivity index (χ0) is 14.1. The Kier molecular flexibility index (Phi) is 3.15. The molecule has 1 aromatic heterocycles. The van der Waals surface area contributed by atoms with Gasteiger partial charge in [0, 0.05) is 16.6 Å². The van der Waals surface area contributed by atoms with Crippen molar-refractivity contribution in [3.05, 3.63) is 60.2 Å². The Hall–Kier alpha value is -2.35. The first-order chi connectivity index (χ1) is 9.65. The number of nitrogen functional groups attached to an aromatic ring is 1. The second-order valence-electron chi connectivity index (χ2n) is 5.39. The lowest BCUT2D eigenvalue weighted by Crippen LogP contribution is -1.93. The topological polar surface area (TPSA) is 38.9 Å². The van der Waals surface area contributed by atoms with Crippen molar-refractivity contribution in [2.24, 2.45) is 0 Å². The Bertz CT molecular complexity index is 743. The summed E-state index contributed by atoms with van der Waals surface area (Å²) in [5.74, 6) is 0.540. The standard InChI is InChI=1S/C18H18N2/c1-12(2)13-7-9-14(10-8-13)18-11-16(19)15-5-3-4-6-17(15)20-18/h3-12H,1-2H3,(H2,19,20). The van der Waals surface area contributed by atoms with Gasteiger partial charge in [-0.2, -0.15) is 0 Å². The minimum atomic E-state index is 0.540. The van der Waals surface area contributed by atoms with Crippen LogP contribution in [-0.4, -0.2) is 4.98 Å². The van der Waals surface area contributed by atoms with E-state index in [4.69, 9.17) is 10.7 Å². The van der Waals surface area contributed by atoms with Gasteiger partial charge in [-0.05, 0) is 23.6 Å². The van der Waals surface area contributed by atoms with Crippen molar-refractivity contribution in [1.82, 2.24) is 4.98 Å². The summed E-state index contributed by atoms with van der Waals surface area (Å²) in [5.41, 5.74) is 11.2. The van der Waals surface area contributed by atoms with Crippen LogP contribution in [0.2, 0.25) is 0 Å². The van der Waals surface area contributed by atoms with Crippen LogP contribution < -0.4 is 5.73 Å². The normalized spacial score (nSPS) is 11.2. The van der Waals surface area contributed by atoms with E-state index in [1.165, 1.54) is 5.56 Å². The number of para-hydroxylation sites is 1. The van der Waals surface area contributed by atoms with E-state index in [2.05, 4.69) is 38.1 Å². The zero-order valence-corrected chi connectivity index (χ0v) is 11.8. The molecule has 0 unspecified atom stereocenters. The molecule has 0 aliphatic rings. The number of aromatic nitrogens is 1. The van der Waals surface area contributed by atoms with Crippen molar-refractivity contribution >= 4 is 16.6 Å². The minimum absolute atomic E-state index is 0.540. The predicted molar refractivity (Wildman–Crippen MR) is 85.7 cm³/mol. The Morgan fingerprint density at radius 2 is 1.65 bits per heavy atom. The van der Waals surface area contributed by atoms with Crippen molar-refractivity contribution in [3.63, 3.8) is 0 Å². The third-order valence-electron chi connectivity index (χ3n) is 3.62. The van der Waals surface area contributed by atoms with E-state index < -0.39 is 0 Å². The van der Waals surface area contributed by atoms with Crippen LogP contribution in [0.3, 0.4) is 0 Å². The number of benzene rings is 2. The molecule has 0 aliphatic carbocycles. The zero-order valence-electron chi connectivity index (χ0n) is 11.8. The molecule has 0 bridgehead atoms. The van der Waals surface area contributed by atoms with Gasteiger partial charge in [-0.3, -0.25) is 0 Å². The molecule has 100 valence electrons. The molecule has 2 aromatic carbocycles. The van der Waals surface area contributed by atoms with E-state index in [1.54, 1.807) is 0 Å². The summed E-state index contributed by atoms with van der Waals surface area (Å²) in [7, 11) is 0.